The Hall–Kier alpha value is -0.830. The fraction of sp³-hybridized carbons (Fsp3) is 0.545. The molecule has 3 heteroatoms. The average Bonchev–Trinajstić information content (AvgIpc) is 2.71. The van der Waals surface area contributed by atoms with Crippen LogP contribution < -0.4 is 0 Å². The maximum Gasteiger partial charge on any atom is 0.0605 e. The predicted octanol–water partition coefficient (Wildman–Crippen LogP) is 3.31. The smallest absolute Gasteiger partial charge is 0.0605 e. The van der Waals surface area contributed by atoms with E-state index in [1.165, 1.54) is 24.1 Å². The monoisotopic (exact) mass is 209 g/mol. The lowest BCUT2D eigenvalue weighted by atomic mass is 9.85. The zero-order valence-corrected chi connectivity index (χ0v) is 8.96. The lowest BCUT2D eigenvalue weighted by Gasteiger charge is -2.22. The molecule has 76 valence electrons. The van der Waals surface area contributed by atoms with Gasteiger partial charge in [-0.2, -0.15) is 0 Å². The molecular weight excluding hydrogens is 194 g/mol. The summed E-state index contributed by atoms with van der Waals surface area (Å²) in [4.78, 5) is 1.40. The van der Waals surface area contributed by atoms with Crippen LogP contribution in [0.5, 0.6) is 0 Å². The zero-order chi connectivity index (χ0) is 9.80. The summed E-state index contributed by atoms with van der Waals surface area (Å²) < 4.78 is 0. The van der Waals surface area contributed by atoms with Crippen molar-refractivity contribution >= 4 is 17.0 Å². The van der Waals surface area contributed by atoms with Gasteiger partial charge >= 0.3 is 0 Å². The summed E-state index contributed by atoms with van der Waals surface area (Å²) in [6.45, 7) is 0. The highest BCUT2D eigenvalue weighted by molar-refractivity contribution is 7.09. The van der Waals surface area contributed by atoms with Crippen LogP contribution in [0.4, 0.5) is 0 Å². The fourth-order valence-corrected chi connectivity index (χ4v) is 2.88. The van der Waals surface area contributed by atoms with Crippen LogP contribution in [0.2, 0.25) is 0 Å². The molecule has 0 aliphatic heterocycles. The van der Waals surface area contributed by atoms with Crippen molar-refractivity contribution in [3.05, 3.63) is 22.4 Å². The molecule has 0 amide bonds. The Morgan fingerprint density at radius 1 is 1.50 bits per heavy atom. The quantitative estimate of drug-likeness (QED) is 0.588. The third-order valence-corrected chi connectivity index (χ3v) is 3.76. The molecule has 0 aromatic carbocycles. The van der Waals surface area contributed by atoms with E-state index < -0.39 is 0 Å². The normalized spacial score (nSPS) is 25.4. The van der Waals surface area contributed by atoms with Crippen LogP contribution in [-0.4, -0.2) is 10.9 Å². The molecule has 2 nitrogen and oxygen atoms in total. The van der Waals surface area contributed by atoms with Crippen molar-refractivity contribution in [2.75, 3.05) is 0 Å². The van der Waals surface area contributed by atoms with Crippen LogP contribution in [0, 0.1) is 5.92 Å². The Labute approximate surface area is 88.3 Å². The Balaban J connectivity index is 2.02. The summed E-state index contributed by atoms with van der Waals surface area (Å²) in [5, 5.41) is 14.4. The molecule has 0 radical (unpaired) electrons. The standard InChI is InChI=1S/C11H15NOS/c13-12-11-6-2-1-4-9(11)8-10-5-3-7-14-10/h3,5,7,9,13H,1-2,4,6,8H2. The molecular formula is C11H15NOS. The molecule has 1 aliphatic rings. The third-order valence-electron chi connectivity index (χ3n) is 2.86. The van der Waals surface area contributed by atoms with Crippen molar-refractivity contribution < 1.29 is 5.21 Å². The summed E-state index contributed by atoms with van der Waals surface area (Å²) in [5.41, 5.74) is 1.00. The van der Waals surface area contributed by atoms with Crippen LogP contribution in [0.25, 0.3) is 0 Å². The van der Waals surface area contributed by atoms with Crippen molar-refractivity contribution in [3.8, 4) is 0 Å². The number of rotatable bonds is 2. The Morgan fingerprint density at radius 3 is 3.14 bits per heavy atom. The molecule has 1 aromatic heterocycles. The summed E-state index contributed by atoms with van der Waals surface area (Å²) >= 11 is 1.79. The molecule has 1 heterocycles. The number of oxime groups is 1. The molecule has 1 aromatic rings. The van der Waals surface area contributed by atoms with Gasteiger partial charge in [-0.15, -0.1) is 11.3 Å². The van der Waals surface area contributed by atoms with E-state index >= 15 is 0 Å². The maximum absolute atomic E-state index is 8.88. The van der Waals surface area contributed by atoms with E-state index in [9.17, 15) is 0 Å². The highest BCUT2D eigenvalue weighted by Crippen LogP contribution is 2.26. The molecule has 1 N–H and O–H groups in total. The van der Waals surface area contributed by atoms with E-state index in [4.69, 9.17) is 5.21 Å². The molecule has 1 atom stereocenters. The van der Waals surface area contributed by atoms with E-state index in [0.29, 0.717) is 5.92 Å². The van der Waals surface area contributed by atoms with Crippen LogP contribution >= 0.6 is 11.3 Å². The van der Waals surface area contributed by atoms with Gasteiger partial charge in [-0.05, 0) is 37.1 Å². The summed E-state index contributed by atoms with van der Waals surface area (Å²) in [6.07, 6.45) is 5.66. The van der Waals surface area contributed by atoms with Crippen molar-refractivity contribution in [1.29, 1.82) is 0 Å². The molecule has 0 saturated heterocycles. The van der Waals surface area contributed by atoms with Gasteiger partial charge in [0.2, 0.25) is 0 Å². The molecule has 0 bridgehead atoms. The molecule has 1 saturated carbocycles. The van der Waals surface area contributed by atoms with Crippen molar-refractivity contribution in [2.45, 2.75) is 32.1 Å². The number of nitrogens with zero attached hydrogens (tertiary/aromatic N) is 1. The average molecular weight is 209 g/mol. The van der Waals surface area contributed by atoms with Crippen molar-refractivity contribution in [1.82, 2.24) is 0 Å². The number of thiophene rings is 1. The van der Waals surface area contributed by atoms with Gasteiger partial charge in [0.15, 0.2) is 0 Å². The molecule has 2 rings (SSSR count). The largest absolute Gasteiger partial charge is 0.411 e. The highest BCUT2D eigenvalue weighted by atomic mass is 32.1. The Kier molecular flexibility index (Phi) is 3.19. The molecule has 1 aliphatic carbocycles. The lowest BCUT2D eigenvalue weighted by Crippen LogP contribution is -2.21. The van der Waals surface area contributed by atoms with E-state index in [1.807, 2.05) is 0 Å². The van der Waals surface area contributed by atoms with Gasteiger partial charge in [-0.1, -0.05) is 17.6 Å². The van der Waals surface area contributed by atoms with Crippen LogP contribution in [0.15, 0.2) is 22.7 Å². The minimum Gasteiger partial charge on any atom is -0.411 e. The number of hydrogen-bond acceptors (Lipinski definition) is 3. The van der Waals surface area contributed by atoms with Crippen LogP contribution in [0.1, 0.15) is 30.6 Å². The maximum atomic E-state index is 8.88. The minimum atomic E-state index is 0.479. The SMILES string of the molecule is ON=C1CCCCC1Cc1cccs1. The van der Waals surface area contributed by atoms with Gasteiger partial charge in [0, 0.05) is 10.8 Å². The second kappa shape index (κ2) is 4.60. The van der Waals surface area contributed by atoms with Gasteiger partial charge < -0.3 is 5.21 Å². The first-order valence-electron chi connectivity index (χ1n) is 5.13. The van der Waals surface area contributed by atoms with Gasteiger partial charge in [-0.3, -0.25) is 0 Å². The lowest BCUT2D eigenvalue weighted by molar-refractivity contribution is 0.308. The topological polar surface area (TPSA) is 32.6 Å². The highest BCUT2D eigenvalue weighted by Gasteiger charge is 2.21. The first kappa shape index (κ1) is 9.71. The zero-order valence-electron chi connectivity index (χ0n) is 8.15. The molecule has 0 spiro atoms. The second-order valence-corrected chi connectivity index (χ2v) is 4.85. The van der Waals surface area contributed by atoms with Crippen LogP contribution in [0.3, 0.4) is 0 Å². The van der Waals surface area contributed by atoms with E-state index in [0.717, 1.165) is 18.6 Å². The van der Waals surface area contributed by atoms with Gasteiger partial charge in [0.25, 0.3) is 0 Å². The van der Waals surface area contributed by atoms with E-state index in [-0.39, 0.29) is 0 Å². The second-order valence-electron chi connectivity index (χ2n) is 3.82. The first-order valence-corrected chi connectivity index (χ1v) is 6.01. The minimum absolute atomic E-state index is 0.479. The van der Waals surface area contributed by atoms with Crippen LogP contribution in [-0.2, 0) is 6.42 Å². The van der Waals surface area contributed by atoms with Gasteiger partial charge in [0.05, 0.1) is 5.71 Å². The van der Waals surface area contributed by atoms with Crippen molar-refractivity contribution in [3.63, 3.8) is 0 Å². The van der Waals surface area contributed by atoms with Gasteiger partial charge in [-0.25, -0.2) is 0 Å². The van der Waals surface area contributed by atoms with E-state index in [1.54, 1.807) is 11.3 Å². The molecule has 14 heavy (non-hydrogen) atoms. The Morgan fingerprint density at radius 2 is 2.43 bits per heavy atom. The van der Waals surface area contributed by atoms with Gasteiger partial charge in [0.1, 0.15) is 0 Å². The Bertz CT molecular complexity index is 305. The van der Waals surface area contributed by atoms with Crippen molar-refractivity contribution in [2.24, 2.45) is 11.1 Å². The molecule has 1 fully saturated rings. The predicted molar refractivity (Wildman–Crippen MR) is 59.2 cm³/mol. The first-order chi connectivity index (χ1) is 6.90. The fourth-order valence-electron chi connectivity index (χ4n) is 2.09. The van der Waals surface area contributed by atoms with E-state index in [2.05, 4.69) is 22.7 Å². The number of hydrogen-bond donors (Lipinski definition) is 1. The summed E-state index contributed by atoms with van der Waals surface area (Å²) in [7, 11) is 0. The molecule has 1 unspecified atom stereocenters. The summed E-state index contributed by atoms with van der Waals surface area (Å²) in [5.74, 6) is 0.479. The summed E-state index contributed by atoms with van der Waals surface area (Å²) in [6, 6.07) is 4.24. The third kappa shape index (κ3) is 2.15.